The summed E-state index contributed by atoms with van der Waals surface area (Å²) in [6.07, 6.45) is 0.105. The van der Waals surface area contributed by atoms with Gasteiger partial charge in [0.2, 0.25) is 11.8 Å². The van der Waals surface area contributed by atoms with Crippen molar-refractivity contribution in [3.63, 3.8) is 0 Å². The number of anilines is 2. The van der Waals surface area contributed by atoms with E-state index in [1.165, 1.54) is 0 Å². The number of nitrogens with zero attached hydrogens (tertiary/aromatic N) is 1. The van der Waals surface area contributed by atoms with Crippen LogP contribution in [-0.2, 0) is 16.2 Å². The van der Waals surface area contributed by atoms with E-state index in [0.29, 0.717) is 29.3 Å². The highest BCUT2D eigenvalue weighted by molar-refractivity contribution is 6.05. The highest BCUT2D eigenvalue weighted by Crippen LogP contribution is 2.33. The van der Waals surface area contributed by atoms with Crippen LogP contribution in [0.1, 0.15) is 29.0 Å². The topological polar surface area (TPSA) is 91.2 Å². The van der Waals surface area contributed by atoms with Gasteiger partial charge in [0, 0.05) is 23.9 Å². The Balaban J connectivity index is 1.45. The fraction of sp³-hybridized carbons (Fsp3) is 0.125. The summed E-state index contributed by atoms with van der Waals surface area (Å²) in [5.74, 6) is -0.369. The molecule has 0 bridgehead atoms. The molecule has 1 unspecified atom stereocenters. The minimum Gasteiger partial charge on any atom is -0.489 e. The van der Waals surface area contributed by atoms with Crippen LogP contribution >= 0.6 is 0 Å². The van der Waals surface area contributed by atoms with Gasteiger partial charge in [-0.3, -0.25) is 9.59 Å². The summed E-state index contributed by atoms with van der Waals surface area (Å²) in [6.45, 7) is 0.309. The van der Waals surface area contributed by atoms with Gasteiger partial charge in [0.15, 0.2) is 0 Å². The third-order valence-electron chi connectivity index (χ3n) is 4.88. The molecule has 148 valence electrons. The lowest BCUT2D eigenvalue weighted by Crippen LogP contribution is -2.30. The van der Waals surface area contributed by atoms with E-state index < -0.39 is 5.92 Å². The van der Waals surface area contributed by atoms with Crippen molar-refractivity contribution in [2.45, 2.75) is 18.9 Å². The van der Waals surface area contributed by atoms with Crippen LogP contribution in [0.4, 0.5) is 11.4 Å². The van der Waals surface area contributed by atoms with E-state index in [2.05, 4.69) is 16.7 Å². The minimum absolute atomic E-state index is 0.105. The van der Waals surface area contributed by atoms with Crippen LogP contribution in [0.25, 0.3) is 0 Å². The molecular formula is C24H19N3O3. The summed E-state index contributed by atoms with van der Waals surface area (Å²) in [6, 6.07) is 23.7. The molecule has 1 heterocycles. The Morgan fingerprint density at radius 2 is 1.93 bits per heavy atom. The maximum atomic E-state index is 12.9. The van der Waals surface area contributed by atoms with E-state index >= 15 is 0 Å². The smallest absolute Gasteiger partial charge is 0.232 e. The van der Waals surface area contributed by atoms with E-state index in [1.807, 2.05) is 30.3 Å². The number of para-hydroxylation sites is 1. The molecule has 1 aliphatic heterocycles. The maximum Gasteiger partial charge on any atom is 0.232 e. The molecule has 0 fully saturated rings. The van der Waals surface area contributed by atoms with Crippen molar-refractivity contribution >= 4 is 23.2 Å². The second-order valence-electron chi connectivity index (χ2n) is 7.01. The number of carbonyl (C=O) groups is 2. The summed E-state index contributed by atoms with van der Waals surface area (Å²) < 4.78 is 5.81. The zero-order chi connectivity index (χ0) is 20.9. The van der Waals surface area contributed by atoms with Crippen molar-refractivity contribution in [3.8, 4) is 11.8 Å². The third-order valence-corrected chi connectivity index (χ3v) is 4.88. The Morgan fingerprint density at radius 3 is 2.80 bits per heavy atom. The van der Waals surface area contributed by atoms with Gasteiger partial charge in [-0.2, -0.15) is 5.26 Å². The normalized spacial score (nSPS) is 14.8. The number of rotatable bonds is 5. The number of nitrogens with one attached hydrogen (secondary N) is 2. The second kappa shape index (κ2) is 8.50. The summed E-state index contributed by atoms with van der Waals surface area (Å²) in [4.78, 5) is 24.9. The van der Waals surface area contributed by atoms with Crippen molar-refractivity contribution in [1.82, 2.24) is 0 Å². The zero-order valence-electron chi connectivity index (χ0n) is 16.1. The second-order valence-corrected chi connectivity index (χ2v) is 7.01. The number of amides is 2. The number of ether oxygens (including phenoxy) is 1. The Morgan fingerprint density at radius 1 is 1.10 bits per heavy atom. The molecule has 2 amide bonds. The highest BCUT2D eigenvalue weighted by Gasteiger charge is 2.30. The first-order valence-electron chi connectivity index (χ1n) is 9.54. The van der Waals surface area contributed by atoms with Crippen molar-refractivity contribution in [2.75, 3.05) is 10.6 Å². The molecule has 0 radical (unpaired) electrons. The molecule has 3 aromatic rings. The fourth-order valence-corrected chi connectivity index (χ4v) is 3.44. The maximum absolute atomic E-state index is 12.9. The number of benzene rings is 3. The molecule has 4 rings (SSSR count). The lowest BCUT2D eigenvalue weighted by Gasteiger charge is -2.24. The Kier molecular flexibility index (Phi) is 5.44. The molecular weight excluding hydrogens is 378 g/mol. The third kappa shape index (κ3) is 4.31. The number of nitriles is 1. The van der Waals surface area contributed by atoms with Crippen LogP contribution in [0.5, 0.6) is 5.75 Å². The summed E-state index contributed by atoms with van der Waals surface area (Å²) in [7, 11) is 0. The van der Waals surface area contributed by atoms with Gasteiger partial charge in [-0.15, -0.1) is 0 Å². The predicted octanol–water partition coefficient (Wildman–Crippen LogP) is 4.20. The molecule has 1 atom stereocenters. The Hall–Kier alpha value is -4.11. The van der Waals surface area contributed by atoms with Crippen molar-refractivity contribution in [3.05, 3.63) is 89.5 Å². The first kappa shape index (κ1) is 19.2. The molecule has 6 heteroatoms. The molecule has 6 nitrogen and oxygen atoms in total. The van der Waals surface area contributed by atoms with Crippen LogP contribution in [0.15, 0.2) is 72.8 Å². The molecule has 0 aliphatic carbocycles. The molecule has 2 N–H and O–H groups in total. The van der Waals surface area contributed by atoms with Gasteiger partial charge in [-0.1, -0.05) is 36.4 Å². The van der Waals surface area contributed by atoms with Crippen LogP contribution in [-0.4, -0.2) is 11.8 Å². The van der Waals surface area contributed by atoms with Crippen LogP contribution in [0, 0.1) is 11.3 Å². The molecule has 0 saturated heterocycles. The summed E-state index contributed by atoms with van der Waals surface area (Å²) in [5, 5.41) is 14.7. The van der Waals surface area contributed by atoms with E-state index in [9.17, 15) is 9.59 Å². The van der Waals surface area contributed by atoms with Crippen LogP contribution < -0.4 is 15.4 Å². The van der Waals surface area contributed by atoms with Crippen LogP contribution in [0.3, 0.4) is 0 Å². The summed E-state index contributed by atoms with van der Waals surface area (Å²) in [5.41, 5.74) is 3.53. The Bertz CT molecular complexity index is 1150. The highest BCUT2D eigenvalue weighted by atomic mass is 16.5. The molecule has 0 aromatic heterocycles. The molecule has 30 heavy (non-hydrogen) atoms. The molecule has 0 spiro atoms. The number of carbonyl (C=O) groups excluding carboxylic acids is 2. The van der Waals surface area contributed by atoms with E-state index in [4.69, 9.17) is 10.00 Å². The van der Waals surface area contributed by atoms with Crippen molar-refractivity contribution in [2.24, 2.45) is 0 Å². The monoisotopic (exact) mass is 397 g/mol. The molecule has 3 aromatic carbocycles. The zero-order valence-corrected chi connectivity index (χ0v) is 16.1. The van der Waals surface area contributed by atoms with Gasteiger partial charge in [0.05, 0.1) is 17.6 Å². The predicted molar refractivity (Wildman–Crippen MR) is 113 cm³/mol. The lowest BCUT2D eigenvalue weighted by molar-refractivity contribution is -0.123. The molecule has 0 saturated carbocycles. The van der Waals surface area contributed by atoms with Crippen LogP contribution in [0.2, 0.25) is 0 Å². The van der Waals surface area contributed by atoms with E-state index in [0.717, 1.165) is 11.1 Å². The van der Waals surface area contributed by atoms with Gasteiger partial charge in [-0.05, 0) is 41.5 Å². The quantitative estimate of drug-likeness (QED) is 0.675. The van der Waals surface area contributed by atoms with E-state index in [1.54, 1.807) is 42.5 Å². The average molecular weight is 397 g/mol. The van der Waals surface area contributed by atoms with Gasteiger partial charge in [0.25, 0.3) is 0 Å². The minimum atomic E-state index is -0.548. The SMILES string of the molecule is N#Cc1cccc(COc2cccc(NC(=O)C3CC(=O)Nc4ccccc43)c2)c1. The van der Waals surface area contributed by atoms with Gasteiger partial charge in [-0.25, -0.2) is 0 Å². The van der Waals surface area contributed by atoms with Gasteiger partial charge < -0.3 is 15.4 Å². The molecule has 1 aliphatic rings. The Labute approximate surface area is 174 Å². The van der Waals surface area contributed by atoms with E-state index in [-0.39, 0.29) is 18.2 Å². The van der Waals surface area contributed by atoms with Crippen molar-refractivity contribution < 1.29 is 14.3 Å². The number of hydrogen-bond acceptors (Lipinski definition) is 4. The first-order valence-corrected chi connectivity index (χ1v) is 9.54. The largest absolute Gasteiger partial charge is 0.489 e. The lowest BCUT2D eigenvalue weighted by atomic mass is 9.90. The number of fused-ring (bicyclic) bond motifs is 1. The van der Waals surface area contributed by atoms with Crippen molar-refractivity contribution in [1.29, 1.82) is 5.26 Å². The standard InChI is InChI=1S/C24H19N3O3/c25-14-16-5-3-6-17(11-16)15-30-19-8-4-7-18(12-19)26-24(29)21-13-23(28)27-22-10-2-1-9-20(21)22/h1-12,21H,13,15H2,(H,26,29)(H,27,28). The summed E-state index contributed by atoms with van der Waals surface area (Å²) >= 11 is 0. The van der Waals surface area contributed by atoms with Gasteiger partial charge in [0.1, 0.15) is 12.4 Å². The fourth-order valence-electron chi connectivity index (χ4n) is 3.44. The average Bonchev–Trinajstić information content (AvgIpc) is 2.77. The first-order chi connectivity index (χ1) is 14.6. The number of hydrogen-bond donors (Lipinski definition) is 2. The van der Waals surface area contributed by atoms with Gasteiger partial charge >= 0.3 is 0 Å².